The number of carbonyl (C=O) groups excluding carboxylic acids is 1. The lowest BCUT2D eigenvalue weighted by Crippen LogP contribution is -2.41. The maximum Gasteiger partial charge on any atom is 0.257 e. The van der Waals surface area contributed by atoms with Crippen LogP contribution in [0.25, 0.3) is 0 Å². The molecule has 4 nitrogen and oxygen atoms in total. The van der Waals surface area contributed by atoms with Crippen LogP contribution in [-0.4, -0.2) is 29.0 Å². The third-order valence-electron chi connectivity index (χ3n) is 3.61. The minimum Gasteiger partial charge on any atom is -0.507 e. The number of hydrogen-bond donors (Lipinski definition) is 1. The van der Waals surface area contributed by atoms with Gasteiger partial charge in [0.25, 0.3) is 5.91 Å². The zero-order chi connectivity index (χ0) is 14.0. The Morgan fingerprint density at radius 1 is 1.47 bits per heavy atom. The standard InChI is InChI=1S/C14H15BrN2O2/c1-14(9-16)4-6-17(7-5-14)13(19)11-3-2-10(15)8-12(11)18/h2-3,8,18H,4-7H2,1H3. The van der Waals surface area contributed by atoms with Crippen LogP contribution >= 0.6 is 15.9 Å². The predicted octanol–water partition coefficient (Wildman–Crippen LogP) is 2.92. The monoisotopic (exact) mass is 322 g/mol. The maximum atomic E-state index is 12.3. The number of halogens is 1. The third kappa shape index (κ3) is 2.90. The highest BCUT2D eigenvalue weighted by Crippen LogP contribution is 2.31. The predicted molar refractivity (Wildman–Crippen MR) is 74.7 cm³/mol. The summed E-state index contributed by atoms with van der Waals surface area (Å²) in [5.74, 6) is -0.196. The molecule has 0 aliphatic carbocycles. The first kappa shape index (κ1) is 13.9. The van der Waals surface area contributed by atoms with Crippen LogP contribution in [0.15, 0.2) is 22.7 Å². The molecule has 0 unspecified atom stereocenters. The summed E-state index contributed by atoms with van der Waals surface area (Å²) < 4.78 is 0.734. The summed E-state index contributed by atoms with van der Waals surface area (Å²) in [6.45, 7) is 3.03. The minimum atomic E-state index is -0.335. The van der Waals surface area contributed by atoms with Crippen LogP contribution in [0.4, 0.5) is 0 Å². The quantitative estimate of drug-likeness (QED) is 0.864. The van der Waals surface area contributed by atoms with Crippen molar-refractivity contribution in [3.8, 4) is 11.8 Å². The van der Waals surface area contributed by atoms with Gasteiger partial charge in [0.1, 0.15) is 5.75 Å². The lowest BCUT2D eigenvalue weighted by atomic mass is 9.82. The van der Waals surface area contributed by atoms with Gasteiger partial charge in [-0.05, 0) is 38.0 Å². The highest BCUT2D eigenvalue weighted by molar-refractivity contribution is 9.10. The van der Waals surface area contributed by atoms with Crippen LogP contribution in [0.3, 0.4) is 0 Å². The van der Waals surface area contributed by atoms with E-state index in [1.54, 1.807) is 17.0 Å². The van der Waals surface area contributed by atoms with E-state index >= 15 is 0 Å². The van der Waals surface area contributed by atoms with Crippen molar-refractivity contribution in [2.45, 2.75) is 19.8 Å². The number of nitrogens with zero attached hydrogens (tertiary/aromatic N) is 2. The van der Waals surface area contributed by atoms with Crippen molar-refractivity contribution >= 4 is 21.8 Å². The number of hydrogen-bond acceptors (Lipinski definition) is 3. The molecule has 1 aromatic carbocycles. The van der Waals surface area contributed by atoms with E-state index in [1.807, 2.05) is 6.92 Å². The molecule has 1 aromatic rings. The van der Waals surface area contributed by atoms with E-state index in [9.17, 15) is 9.90 Å². The highest BCUT2D eigenvalue weighted by Gasteiger charge is 2.32. The molecule has 1 aliphatic heterocycles. The Hall–Kier alpha value is -1.54. The molecule has 1 saturated heterocycles. The molecular weight excluding hydrogens is 308 g/mol. The van der Waals surface area contributed by atoms with Crippen molar-refractivity contribution in [3.05, 3.63) is 28.2 Å². The summed E-state index contributed by atoms with van der Waals surface area (Å²) in [5, 5.41) is 18.9. The van der Waals surface area contributed by atoms with E-state index < -0.39 is 0 Å². The molecule has 100 valence electrons. The normalized spacial score (nSPS) is 17.8. The fraction of sp³-hybridized carbons (Fsp3) is 0.429. The van der Waals surface area contributed by atoms with Crippen LogP contribution in [0.1, 0.15) is 30.1 Å². The van der Waals surface area contributed by atoms with Gasteiger partial charge in [0.05, 0.1) is 17.0 Å². The van der Waals surface area contributed by atoms with Gasteiger partial charge in [-0.15, -0.1) is 0 Å². The Morgan fingerprint density at radius 2 is 2.11 bits per heavy atom. The van der Waals surface area contributed by atoms with Crippen LogP contribution in [0.2, 0.25) is 0 Å². The number of amides is 1. The molecule has 0 bridgehead atoms. The van der Waals surface area contributed by atoms with Gasteiger partial charge >= 0.3 is 0 Å². The minimum absolute atomic E-state index is 0.0204. The van der Waals surface area contributed by atoms with Crippen LogP contribution in [0.5, 0.6) is 5.75 Å². The topological polar surface area (TPSA) is 64.3 Å². The lowest BCUT2D eigenvalue weighted by Gasteiger charge is -2.35. The zero-order valence-electron chi connectivity index (χ0n) is 10.7. The Morgan fingerprint density at radius 3 is 2.63 bits per heavy atom. The highest BCUT2D eigenvalue weighted by atomic mass is 79.9. The van der Waals surface area contributed by atoms with Gasteiger partial charge in [0.2, 0.25) is 0 Å². The molecule has 1 N–H and O–H groups in total. The number of piperidine rings is 1. The number of phenols is 1. The number of likely N-dealkylation sites (tertiary alicyclic amines) is 1. The van der Waals surface area contributed by atoms with E-state index in [2.05, 4.69) is 22.0 Å². The summed E-state index contributed by atoms with van der Waals surface area (Å²) in [4.78, 5) is 14.0. The third-order valence-corrected chi connectivity index (χ3v) is 4.11. The number of aromatic hydroxyl groups is 1. The van der Waals surface area contributed by atoms with E-state index in [0.717, 1.165) is 4.47 Å². The van der Waals surface area contributed by atoms with Gasteiger partial charge in [-0.1, -0.05) is 15.9 Å². The van der Waals surface area contributed by atoms with Crippen molar-refractivity contribution in [3.63, 3.8) is 0 Å². The van der Waals surface area contributed by atoms with Crippen LogP contribution in [0, 0.1) is 16.7 Å². The van der Waals surface area contributed by atoms with Gasteiger partial charge in [-0.2, -0.15) is 5.26 Å². The maximum absolute atomic E-state index is 12.3. The Labute approximate surface area is 120 Å². The number of phenolic OH excluding ortho intramolecular Hbond substituents is 1. The van der Waals surface area contributed by atoms with Crippen molar-refractivity contribution < 1.29 is 9.90 Å². The summed E-state index contributed by atoms with van der Waals surface area (Å²) in [5.41, 5.74) is -0.0257. The number of carbonyl (C=O) groups is 1. The number of nitriles is 1. The Balaban J connectivity index is 2.12. The first-order valence-electron chi connectivity index (χ1n) is 6.14. The van der Waals surface area contributed by atoms with Crippen molar-refractivity contribution in [1.82, 2.24) is 4.90 Å². The van der Waals surface area contributed by atoms with Crippen LogP contribution in [-0.2, 0) is 0 Å². The van der Waals surface area contributed by atoms with E-state index in [-0.39, 0.29) is 17.1 Å². The molecule has 0 aromatic heterocycles. The lowest BCUT2D eigenvalue weighted by molar-refractivity contribution is 0.0659. The summed E-state index contributed by atoms with van der Waals surface area (Å²) in [7, 11) is 0. The second kappa shape index (κ2) is 5.22. The molecule has 0 atom stereocenters. The van der Waals surface area contributed by atoms with Crippen molar-refractivity contribution in [2.75, 3.05) is 13.1 Å². The fourth-order valence-corrected chi connectivity index (χ4v) is 2.52. The SMILES string of the molecule is CC1(C#N)CCN(C(=O)c2ccc(Br)cc2O)CC1. The first-order valence-corrected chi connectivity index (χ1v) is 6.93. The zero-order valence-corrected chi connectivity index (χ0v) is 12.3. The van der Waals surface area contributed by atoms with Gasteiger partial charge in [0, 0.05) is 17.6 Å². The van der Waals surface area contributed by atoms with Crippen molar-refractivity contribution in [2.24, 2.45) is 5.41 Å². The Bertz CT molecular complexity index is 543. The average molecular weight is 323 g/mol. The van der Waals surface area contributed by atoms with E-state index in [4.69, 9.17) is 5.26 Å². The molecule has 0 radical (unpaired) electrons. The number of rotatable bonds is 1. The molecule has 1 amide bonds. The van der Waals surface area contributed by atoms with E-state index in [0.29, 0.717) is 31.5 Å². The Kier molecular flexibility index (Phi) is 3.81. The van der Waals surface area contributed by atoms with Crippen molar-refractivity contribution in [1.29, 1.82) is 5.26 Å². The van der Waals surface area contributed by atoms with Gasteiger partial charge in [-0.3, -0.25) is 4.79 Å². The largest absolute Gasteiger partial charge is 0.507 e. The molecule has 1 fully saturated rings. The summed E-state index contributed by atoms with van der Waals surface area (Å²) >= 11 is 3.24. The van der Waals surface area contributed by atoms with Gasteiger partial charge < -0.3 is 10.0 Å². The first-order chi connectivity index (χ1) is 8.95. The number of benzene rings is 1. The van der Waals surface area contributed by atoms with E-state index in [1.165, 1.54) is 6.07 Å². The molecule has 5 heteroatoms. The summed E-state index contributed by atoms with van der Waals surface area (Å²) in [6.07, 6.45) is 1.35. The molecule has 2 rings (SSSR count). The summed E-state index contributed by atoms with van der Waals surface area (Å²) in [6, 6.07) is 7.16. The fourth-order valence-electron chi connectivity index (χ4n) is 2.17. The molecular formula is C14H15BrN2O2. The molecule has 0 spiro atoms. The van der Waals surface area contributed by atoms with Gasteiger partial charge in [-0.25, -0.2) is 0 Å². The smallest absolute Gasteiger partial charge is 0.257 e. The molecule has 0 saturated carbocycles. The molecule has 19 heavy (non-hydrogen) atoms. The average Bonchev–Trinajstić information content (AvgIpc) is 2.39. The molecule has 1 aliphatic rings. The van der Waals surface area contributed by atoms with Crippen LogP contribution < -0.4 is 0 Å². The second-order valence-corrected chi connectivity index (χ2v) is 6.04. The molecule has 1 heterocycles. The second-order valence-electron chi connectivity index (χ2n) is 5.13. The van der Waals surface area contributed by atoms with Gasteiger partial charge in [0.15, 0.2) is 0 Å².